The molecule has 0 spiro atoms. The van der Waals surface area contributed by atoms with Gasteiger partial charge in [0.15, 0.2) is 11.5 Å². The number of anilines is 1. The highest BCUT2D eigenvalue weighted by Gasteiger charge is 2.30. The van der Waals surface area contributed by atoms with E-state index in [-0.39, 0.29) is 17.7 Å². The third-order valence-electron chi connectivity index (χ3n) is 5.17. The summed E-state index contributed by atoms with van der Waals surface area (Å²) in [6.07, 6.45) is 4.08. The first-order valence-electron chi connectivity index (χ1n) is 10.5. The number of rotatable bonds is 7. The lowest BCUT2D eigenvalue weighted by atomic mass is 9.96. The molecule has 7 nitrogen and oxygen atoms in total. The van der Waals surface area contributed by atoms with Crippen LogP contribution in [-0.4, -0.2) is 48.5 Å². The number of halogens is 1. The number of amides is 2. The number of hydrogen-bond donors (Lipinski definition) is 1. The number of methoxy groups -OCH3 is 1. The van der Waals surface area contributed by atoms with Gasteiger partial charge in [0.05, 0.1) is 24.1 Å². The molecular formula is C23H28BrN3O4. The number of likely N-dealkylation sites (tertiary alicyclic amines) is 1. The summed E-state index contributed by atoms with van der Waals surface area (Å²) in [5.74, 6) is 1.09. The number of ether oxygens (including phenoxy) is 2. The first-order chi connectivity index (χ1) is 14.9. The molecule has 1 saturated heterocycles. The number of nitrogens with zero attached hydrogens (tertiary/aromatic N) is 2. The lowest BCUT2D eigenvalue weighted by Crippen LogP contribution is -2.43. The van der Waals surface area contributed by atoms with Crippen LogP contribution in [0.2, 0.25) is 0 Å². The molecule has 1 N–H and O–H groups in total. The van der Waals surface area contributed by atoms with E-state index in [9.17, 15) is 9.59 Å². The maximum Gasteiger partial charge on any atom is 0.254 e. The van der Waals surface area contributed by atoms with E-state index in [1.807, 2.05) is 19.9 Å². The number of carbonyl (C=O) groups is 2. The van der Waals surface area contributed by atoms with Crippen LogP contribution in [0.3, 0.4) is 0 Å². The highest BCUT2D eigenvalue weighted by Crippen LogP contribution is 2.37. The highest BCUT2D eigenvalue weighted by molar-refractivity contribution is 9.10. The second-order valence-corrected chi connectivity index (χ2v) is 8.49. The van der Waals surface area contributed by atoms with E-state index >= 15 is 0 Å². The fourth-order valence-corrected chi connectivity index (χ4v) is 4.07. The van der Waals surface area contributed by atoms with Gasteiger partial charge >= 0.3 is 0 Å². The Balaban J connectivity index is 1.70. The van der Waals surface area contributed by atoms with Crippen molar-refractivity contribution < 1.29 is 19.1 Å². The molecule has 2 aromatic rings. The normalized spacial score (nSPS) is 16.0. The van der Waals surface area contributed by atoms with Crippen LogP contribution in [-0.2, 0) is 4.79 Å². The second kappa shape index (κ2) is 10.6. The van der Waals surface area contributed by atoms with Crippen molar-refractivity contribution >= 4 is 33.6 Å². The quantitative estimate of drug-likeness (QED) is 0.621. The van der Waals surface area contributed by atoms with E-state index < -0.39 is 0 Å². The van der Waals surface area contributed by atoms with E-state index in [1.165, 1.54) is 0 Å². The van der Waals surface area contributed by atoms with Crippen molar-refractivity contribution in [2.45, 2.75) is 33.1 Å². The summed E-state index contributed by atoms with van der Waals surface area (Å²) in [4.78, 5) is 31.9. The van der Waals surface area contributed by atoms with E-state index in [0.29, 0.717) is 47.0 Å². The number of piperidine rings is 1. The Labute approximate surface area is 191 Å². The molecule has 166 valence electrons. The monoisotopic (exact) mass is 489 g/mol. The summed E-state index contributed by atoms with van der Waals surface area (Å²) >= 11 is 3.49. The van der Waals surface area contributed by atoms with Crippen molar-refractivity contribution in [2.75, 3.05) is 32.1 Å². The van der Waals surface area contributed by atoms with Gasteiger partial charge in [-0.3, -0.25) is 9.59 Å². The zero-order valence-corrected chi connectivity index (χ0v) is 19.7. The summed E-state index contributed by atoms with van der Waals surface area (Å²) in [6.45, 7) is 5.50. The first-order valence-corrected chi connectivity index (χ1v) is 11.2. The Morgan fingerprint density at radius 1 is 1.32 bits per heavy atom. The Morgan fingerprint density at radius 3 is 2.81 bits per heavy atom. The van der Waals surface area contributed by atoms with Gasteiger partial charge in [0.1, 0.15) is 5.82 Å². The van der Waals surface area contributed by atoms with Gasteiger partial charge in [-0.15, -0.1) is 0 Å². The molecule has 3 rings (SSSR count). The molecule has 1 aliphatic heterocycles. The lowest BCUT2D eigenvalue weighted by molar-refractivity contribution is -0.121. The molecule has 2 heterocycles. The number of nitrogens with one attached hydrogen (secondary N) is 1. The number of pyridine rings is 1. The number of benzene rings is 1. The number of hydrogen-bond acceptors (Lipinski definition) is 5. The van der Waals surface area contributed by atoms with E-state index in [4.69, 9.17) is 9.47 Å². The van der Waals surface area contributed by atoms with Crippen LogP contribution in [0.25, 0.3) is 0 Å². The fourth-order valence-electron chi connectivity index (χ4n) is 3.52. The van der Waals surface area contributed by atoms with E-state index in [0.717, 1.165) is 24.8 Å². The molecule has 1 aromatic heterocycles. The van der Waals surface area contributed by atoms with Gasteiger partial charge < -0.3 is 19.7 Å². The predicted octanol–water partition coefficient (Wildman–Crippen LogP) is 4.44. The number of aromatic nitrogens is 1. The summed E-state index contributed by atoms with van der Waals surface area (Å²) in [5, 5.41) is 2.86. The van der Waals surface area contributed by atoms with Crippen LogP contribution < -0.4 is 14.8 Å². The van der Waals surface area contributed by atoms with Gasteiger partial charge in [-0.2, -0.15) is 0 Å². The summed E-state index contributed by atoms with van der Waals surface area (Å²) in [5.41, 5.74) is 1.52. The molecule has 1 aromatic carbocycles. The lowest BCUT2D eigenvalue weighted by Gasteiger charge is -2.32. The molecular weight excluding hydrogens is 462 g/mol. The minimum absolute atomic E-state index is 0.115. The van der Waals surface area contributed by atoms with Crippen LogP contribution in [0.1, 0.15) is 42.1 Å². The Morgan fingerprint density at radius 2 is 2.13 bits per heavy atom. The van der Waals surface area contributed by atoms with Gasteiger partial charge in [-0.05, 0) is 65.9 Å². The molecule has 0 saturated carbocycles. The smallest absolute Gasteiger partial charge is 0.254 e. The molecule has 8 heteroatoms. The average molecular weight is 490 g/mol. The Kier molecular flexibility index (Phi) is 7.90. The molecule has 0 bridgehead atoms. The van der Waals surface area contributed by atoms with Crippen molar-refractivity contribution in [2.24, 2.45) is 5.92 Å². The number of aryl methyl sites for hydroxylation is 1. The van der Waals surface area contributed by atoms with Gasteiger partial charge in [0.25, 0.3) is 5.91 Å². The fraction of sp³-hybridized carbons (Fsp3) is 0.435. The molecule has 0 radical (unpaired) electrons. The van der Waals surface area contributed by atoms with Crippen molar-refractivity contribution in [3.05, 3.63) is 46.1 Å². The summed E-state index contributed by atoms with van der Waals surface area (Å²) in [6, 6.07) is 7.12. The van der Waals surface area contributed by atoms with Crippen LogP contribution in [0.5, 0.6) is 11.5 Å². The Bertz CT molecular complexity index is 933. The highest BCUT2D eigenvalue weighted by atomic mass is 79.9. The van der Waals surface area contributed by atoms with Crippen LogP contribution in [0.4, 0.5) is 5.82 Å². The molecule has 1 atom stereocenters. The molecule has 1 fully saturated rings. The van der Waals surface area contributed by atoms with Crippen LogP contribution >= 0.6 is 15.9 Å². The topological polar surface area (TPSA) is 80.8 Å². The van der Waals surface area contributed by atoms with Crippen molar-refractivity contribution in [1.29, 1.82) is 0 Å². The largest absolute Gasteiger partial charge is 0.493 e. The van der Waals surface area contributed by atoms with Gasteiger partial charge in [-0.1, -0.05) is 13.0 Å². The second-order valence-electron chi connectivity index (χ2n) is 7.64. The van der Waals surface area contributed by atoms with Crippen LogP contribution in [0.15, 0.2) is 34.9 Å². The predicted molar refractivity (Wildman–Crippen MR) is 123 cm³/mol. The molecule has 0 aliphatic carbocycles. The number of carbonyl (C=O) groups excluding carboxylic acids is 2. The maximum atomic E-state index is 13.2. The standard InChI is InChI=1S/C23H28BrN3O4/c1-4-10-31-21-18(24)11-17(12-19(21)30-3)23(29)27-9-5-6-16(14-27)22(28)26-20-8-7-15(2)13-25-20/h7-8,11-13,16H,4-6,9-10,14H2,1-3H3,(H,25,26,28). The molecule has 31 heavy (non-hydrogen) atoms. The van der Waals surface area contributed by atoms with Crippen LogP contribution in [0, 0.1) is 12.8 Å². The van der Waals surface area contributed by atoms with Gasteiger partial charge in [0, 0.05) is 24.8 Å². The zero-order chi connectivity index (χ0) is 22.4. The summed E-state index contributed by atoms with van der Waals surface area (Å²) in [7, 11) is 1.55. The average Bonchev–Trinajstić information content (AvgIpc) is 2.78. The third kappa shape index (κ3) is 5.76. The van der Waals surface area contributed by atoms with Gasteiger partial charge in [0.2, 0.25) is 5.91 Å². The zero-order valence-electron chi connectivity index (χ0n) is 18.1. The molecule has 1 aliphatic rings. The van der Waals surface area contributed by atoms with Crippen molar-refractivity contribution in [3.63, 3.8) is 0 Å². The maximum absolute atomic E-state index is 13.2. The SMILES string of the molecule is CCCOc1c(Br)cc(C(=O)N2CCCC(C(=O)Nc3ccc(C)cn3)C2)cc1OC. The molecule has 2 amide bonds. The minimum atomic E-state index is -0.279. The van der Waals surface area contributed by atoms with Gasteiger partial charge in [-0.25, -0.2) is 4.98 Å². The third-order valence-corrected chi connectivity index (χ3v) is 5.76. The first kappa shape index (κ1) is 23.1. The van der Waals surface area contributed by atoms with Crippen molar-refractivity contribution in [1.82, 2.24) is 9.88 Å². The Hall–Kier alpha value is -2.61. The van der Waals surface area contributed by atoms with Crippen molar-refractivity contribution in [3.8, 4) is 11.5 Å². The summed E-state index contributed by atoms with van der Waals surface area (Å²) < 4.78 is 11.9. The minimum Gasteiger partial charge on any atom is -0.493 e. The van der Waals surface area contributed by atoms with E-state index in [2.05, 4.69) is 26.2 Å². The molecule has 1 unspecified atom stereocenters. The van der Waals surface area contributed by atoms with E-state index in [1.54, 1.807) is 36.4 Å².